The highest BCUT2D eigenvalue weighted by molar-refractivity contribution is 6.22. The summed E-state index contributed by atoms with van der Waals surface area (Å²) in [4.78, 5) is 86.0. The summed E-state index contributed by atoms with van der Waals surface area (Å²) < 4.78 is 165. The zero-order chi connectivity index (χ0) is 42.2. The van der Waals surface area contributed by atoms with E-state index in [1.807, 2.05) is 0 Å². The number of alkyl halides is 12. The first-order chi connectivity index (χ1) is 26.2. The first kappa shape index (κ1) is 39.7. The summed E-state index contributed by atoms with van der Waals surface area (Å²) in [5.41, 5.74) is -12.3. The number of hydrogen-bond acceptors (Lipinski definition) is 9. The molecular weight excluding hydrogens is 808 g/mol. The van der Waals surface area contributed by atoms with E-state index in [9.17, 15) is 81.5 Å². The highest BCUT2D eigenvalue weighted by Crippen LogP contribution is 2.39. The van der Waals surface area contributed by atoms with Gasteiger partial charge in [0.1, 0.15) is 11.5 Å². The summed E-state index contributed by atoms with van der Waals surface area (Å²) in [5.74, 6) is -10.1. The van der Waals surface area contributed by atoms with Crippen LogP contribution < -0.4 is 4.74 Å². The zero-order valence-electron chi connectivity index (χ0n) is 27.0. The number of amides is 4. The van der Waals surface area contributed by atoms with Gasteiger partial charge in [-0.3, -0.25) is 19.2 Å². The van der Waals surface area contributed by atoms with E-state index in [-0.39, 0.29) is 58.0 Å². The highest BCUT2D eigenvalue weighted by Gasteiger charge is 2.44. The molecule has 4 aromatic carbocycles. The first-order valence-electron chi connectivity index (χ1n) is 15.0. The molecule has 0 unspecified atom stereocenters. The molecule has 2 aliphatic heterocycles. The van der Waals surface area contributed by atoms with Gasteiger partial charge in [0.25, 0.3) is 23.6 Å². The molecule has 57 heavy (non-hydrogen) atoms. The molecule has 23 heteroatoms. The maximum absolute atomic E-state index is 13.2. The number of carbonyl (C=O) groups is 6. The summed E-state index contributed by atoms with van der Waals surface area (Å²) in [7, 11) is 0. The Labute approximate surface area is 306 Å². The van der Waals surface area contributed by atoms with E-state index >= 15 is 0 Å². The number of benzene rings is 4. The van der Waals surface area contributed by atoms with Crippen LogP contribution >= 0.6 is 0 Å². The normalized spacial score (nSPS) is 14.5. The molecule has 0 spiro atoms. The van der Waals surface area contributed by atoms with Gasteiger partial charge in [0.2, 0.25) is 0 Å². The molecule has 0 saturated heterocycles. The minimum Gasteiger partial charge on any atom is -0.457 e. The molecule has 0 radical (unpaired) electrons. The highest BCUT2D eigenvalue weighted by atomic mass is 19.4. The molecule has 2 heterocycles. The van der Waals surface area contributed by atoms with Gasteiger partial charge in [0.15, 0.2) is 0 Å². The van der Waals surface area contributed by atoms with E-state index in [1.165, 1.54) is 0 Å². The Morgan fingerprint density at radius 3 is 0.965 bits per heavy atom. The topological polar surface area (TPSA) is 137 Å². The van der Waals surface area contributed by atoms with Crippen LogP contribution in [0.3, 0.4) is 0 Å². The Bertz CT molecular complexity index is 2200. The van der Waals surface area contributed by atoms with Crippen LogP contribution in [0.25, 0.3) is 0 Å². The van der Waals surface area contributed by atoms with E-state index in [2.05, 4.69) is 9.68 Å². The second-order valence-electron chi connectivity index (χ2n) is 11.7. The molecule has 0 atom stereocenters. The average molecular weight is 820 g/mol. The number of imide groups is 2. The molecule has 0 saturated carbocycles. The van der Waals surface area contributed by atoms with Gasteiger partial charge in [0.05, 0.1) is 55.6 Å². The lowest BCUT2D eigenvalue weighted by atomic mass is 10.0. The number of fused-ring (bicyclic) bond motifs is 2. The van der Waals surface area contributed by atoms with Crippen molar-refractivity contribution in [1.82, 2.24) is 10.1 Å². The van der Waals surface area contributed by atoms with Gasteiger partial charge in [0, 0.05) is 0 Å². The molecule has 2 aliphatic rings. The Morgan fingerprint density at radius 1 is 0.404 bits per heavy atom. The van der Waals surface area contributed by atoms with Crippen molar-refractivity contribution in [3.8, 4) is 11.5 Å². The number of nitrogens with zero attached hydrogens (tertiary/aromatic N) is 2. The quantitative estimate of drug-likeness (QED) is 0.139. The van der Waals surface area contributed by atoms with Crippen LogP contribution in [0.4, 0.5) is 52.7 Å². The maximum Gasteiger partial charge on any atom is 0.416 e. The summed E-state index contributed by atoms with van der Waals surface area (Å²) in [6, 6.07) is 5.15. The van der Waals surface area contributed by atoms with Gasteiger partial charge >= 0.3 is 36.6 Å². The molecule has 0 fully saturated rings. The van der Waals surface area contributed by atoms with E-state index < -0.39 is 116 Å². The number of halogens is 12. The molecule has 4 amide bonds. The first-order valence-corrected chi connectivity index (χ1v) is 15.0. The fraction of sp³-hybridized carbons (Fsp3) is 0.118. The van der Waals surface area contributed by atoms with Crippen molar-refractivity contribution in [3.63, 3.8) is 0 Å². The van der Waals surface area contributed by atoms with Gasteiger partial charge in [-0.05, 0) is 72.8 Å². The lowest BCUT2D eigenvalue weighted by Gasteiger charge is -2.16. The maximum atomic E-state index is 13.2. The van der Waals surface area contributed by atoms with E-state index in [1.54, 1.807) is 0 Å². The van der Waals surface area contributed by atoms with Gasteiger partial charge in [-0.25, -0.2) is 9.59 Å². The third-order valence-electron chi connectivity index (χ3n) is 7.87. The van der Waals surface area contributed by atoms with Crippen molar-refractivity contribution in [2.45, 2.75) is 24.7 Å². The van der Waals surface area contributed by atoms with Crippen molar-refractivity contribution >= 4 is 35.6 Å². The van der Waals surface area contributed by atoms with Crippen LogP contribution in [-0.4, -0.2) is 45.7 Å². The van der Waals surface area contributed by atoms with Crippen LogP contribution in [0.5, 0.6) is 11.5 Å². The van der Waals surface area contributed by atoms with Gasteiger partial charge in [-0.15, -0.1) is 0 Å². The predicted octanol–water partition coefficient (Wildman–Crippen LogP) is 8.29. The van der Waals surface area contributed by atoms with E-state index in [0.717, 1.165) is 36.4 Å². The molecular formula is C34H12F12N2O9. The van der Waals surface area contributed by atoms with Gasteiger partial charge < -0.3 is 14.4 Å². The average Bonchev–Trinajstić information content (AvgIpc) is 3.49. The van der Waals surface area contributed by atoms with Gasteiger partial charge in [-0.1, -0.05) is 10.1 Å². The Kier molecular flexibility index (Phi) is 9.32. The molecule has 4 aromatic rings. The molecule has 0 bridgehead atoms. The molecule has 6 rings (SSSR count). The Hall–Kier alpha value is -6.94. The van der Waals surface area contributed by atoms with E-state index in [4.69, 9.17) is 4.74 Å². The van der Waals surface area contributed by atoms with Crippen LogP contribution in [0.15, 0.2) is 72.8 Å². The minimum absolute atomic E-state index is 0.00321. The van der Waals surface area contributed by atoms with Crippen LogP contribution in [0.2, 0.25) is 0 Å². The summed E-state index contributed by atoms with van der Waals surface area (Å²) >= 11 is 0. The molecule has 0 aromatic heterocycles. The van der Waals surface area contributed by atoms with E-state index in [0.29, 0.717) is 0 Å². The van der Waals surface area contributed by atoms with Crippen molar-refractivity contribution in [2.75, 3.05) is 0 Å². The number of ether oxygens (including phenoxy) is 1. The fourth-order valence-corrected chi connectivity index (χ4v) is 5.24. The molecule has 296 valence electrons. The lowest BCUT2D eigenvalue weighted by molar-refractivity contribution is -0.144. The Balaban J connectivity index is 1.18. The number of carbonyl (C=O) groups excluding carboxylic acids is 6. The van der Waals surface area contributed by atoms with Crippen molar-refractivity contribution in [1.29, 1.82) is 0 Å². The Morgan fingerprint density at radius 2 is 0.684 bits per heavy atom. The van der Waals surface area contributed by atoms with Gasteiger partial charge in [-0.2, -0.15) is 52.7 Å². The molecule has 0 aliphatic carbocycles. The second kappa shape index (κ2) is 13.4. The summed E-state index contributed by atoms with van der Waals surface area (Å²) in [6.45, 7) is 0. The molecule has 0 N–H and O–H groups in total. The summed E-state index contributed by atoms with van der Waals surface area (Å²) in [5, 5.41) is -0.466. The lowest BCUT2D eigenvalue weighted by Crippen LogP contribution is -2.32. The zero-order valence-corrected chi connectivity index (χ0v) is 27.0. The van der Waals surface area contributed by atoms with Crippen molar-refractivity contribution < 1.29 is 95.9 Å². The minimum atomic E-state index is -5.35. The van der Waals surface area contributed by atoms with Crippen LogP contribution in [-0.2, 0) is 34.4 Å². The second-order valence-corrected chi connectivity index (χ2v) is 11.7. The number of rotatable bonds is 6. The third-order valence-corrected chi connectivity index (χ3v) is 7.87. The number of hydrogen-bond donors (Lipinski definition) is 0. The third kappa shape index (κ3) is 7.66. The van der Waals surface area contributed by atoms with Crippen LogP contribution in [0, 0.1) is 0 Å². The van der Waals surface area contributed by atoms with Crippen LogP contribution in [0.1, 0.15) is 84.4 Å². The number of hydroxylamine groups is 4. The molecule has 11 nitrogen and oxygen atoms in total. The monoisotopic (exact) mass is 820 g/mol. The largest absolute Gasteiger partial charge is 0.457 e. The van der Waals surface area contributed by atoms with Crippen molar-refractivity contribution in [3.05, 3.63) is 128 Å². The standard InChI is InChI=1S/C34H12F12N2O9/c35-31(36,37)15-5-13(6-16(9-15)32(38,39)40)29(53)56-47-25(49)21-3-1-19(11-23(21)27(47)51)55-20-2-4-22-24(12-20)28(52)48(26(22)50)57-30(54)14-7-17(33(41,42)43)10-18(8-14)34(44,45)46/h1-12H. The smallest absolute Gasteiger partial charge is 0.416 e. The summed E-state index contributed by atoms with van der Waals surface area (Å²) in [6.07, 6.45) is -21.4. The predicted molar refractivity (Wildman–Crippen MR) is 158 cm³/mol. The fourth-order valence-electron chi connectivity index (χ4n) is 5.24. The van der Waals surface area contributed by atoms with Crippen molar-refractivity contribution in [2.24, 2.45) is 0 Å². The SMILES string of the molecule is O=C(ON1C(=O)c2ccc(Oc3ccc4c(c3)C(=O)N(OC(=O)c3cc(C(F)(F)F)cc(C(F)(F)F)c3)C4=O)cc2C1=O)c1cc(C(F)(F)F)cc(C(F)(F)F)c1.